The molecule has 0 fully saturated rings. The van der Waals surface area contributed by atoms with E-state index in [0.717, 1.165) is 0 Å². The third-order valence-electron chi connectivity index (χ3n) is 2.54. The first kappa shape index (κ1) is 14.9. The van der Waals surface area contributed by atoms with Crippen molar-refractivity contribution in [2.24, 2.45) is 5.92 Å². The minimum Gasteiger partial charge on any atom is -0.481 e. The number of hydrogen-bond donors (Lipinski definition) is 2. The molecule has 0 bridgehead atoms. The summed E-state index contributed by atoms with van der Waals surface area (Å²) in [7, 11) is 0. The number of aliphatic carboxylic acids is 1. The fourth-order valence-corrected chi connectivity index (χ4v) is 1.50. The van der Waals surface area contributed by atoms with Gasteiger partial charge in [0.2, 0.25) is 5.91 Å². The van der Waals surface area contributed by atoms with Crippen LogP contribution in [-0.4, -0.2) is 22.8 Å². The molecule has 0 aliphatic rings. The maximum absolute atomic E-state index is 11.7. The Kier molecular flexibility index (Phi) is 5.23. The summed E-state index contributed by atoms with van der Waals surface area (Å²) in [6.45, 7) is 3.65. The molecule has 5 heteroatoms. The second kappa shape index (κ2) is 6.68. The van der Waals surface area contributed by atoms with Crippen LogP contribution in [0, 0.1) is 5.92 Å². The molecule has 2 N–H and O–H groups in total. The average molecular weight is 263 g/mol. The summed E-state index contributed by atoms with van der Waals surface area (Å²) < 4.78 is 0. The van der Waals surface area contributed by atoms with Crippen molar-refractivity contribution in [3.63, 3.8) is 0 Å². The number of hydrogen-bond acceptors (Lipinski definition) is 3. The Bertz CT molecular complexity index is 477. The molecule has 0 saturated heterocycles. The molecule has 102 valence electrons. The number of rotatable bonds is 6. The first-order chi connectivity index (χ1) is 8.90. The molecular weight excluding hydrogens is 246 g/mol. The van der Waals surface area contributed by atoms with Gasteiger partial charge in [-0.05, 0) is 24.3 Å². The highest BCUT2D eigenvalue weighted by Gasteiger charge is 2.10. The predicted octanol–water partition coefficient (Wildman–Crippen LogP) is 2.33. The van der Waals surface area contributed by atoms with Crippen molar-refractivity contribution in [3.05, 3.63) is 29.8 Å². The molecule has 5 nitrogen and oxygen atoms in total. The zero-order chi connectivity index (χ0) is 14.4. The van der Waals surface area contributed by atoms with E-state index in [1.54, 1.807) is 24.3 Å². The topological polar surface area (TPSA) is 83.5 Å². The molecule has 0 aliphatic heterocycles. The quantitative estimate of drug-likeness (QED) is 0.771. The Morgan fingerprint density at radius 3 is 2.16 bits per heavy atom. The predicted molar refractivity (Wildman–Crippen MR) is 71.1 cm³/mol. The van der Waals surface area contributed by atoms with Gasteiger partial charge in [-0.2, -0.15) is 0 Å². The molecule has 0 aromatic heterocycles. The van der Waals surface area contributed by atoms with Gasteiger partial charge in [-0.1, -0.05) is 13.8 Å². The Morgan fingerprint density at radius 2 is 1.68 bits per heavy atom. The van der Waals surface area contributed by atoms with Gasteiger partial charge >= 0.3 is 5.97 Å². The van der Waals surface area contributed by atoms with E-state index in [9.17, 15) is 14.4 Å². The first-order valence-electron chi connectivity index (χ1n) is 6.06. The average Bonchev–Trinajstić information content (AvgIpc) is 2.36. The molecule has 0 atom stereocenters. The monoisotopic (exact) mass is 263 g/mol. The molecule has 1 amide bonds. The molecule has 0 aliphatic carbocycles. The highest BCUT2D eigenvalue weighted by atomic mass is 16.4. The van der Waals surface area contributed by atoms with E-state index >= 15 is 0 Å². The van der Waals surface area contributed by atoms with E-state index in [-0.39, 0.29) is 30.4 Å². The van der Waals surface area contributed by atoms with Gasteiger partial charge in [-0.25, -0.2) is 0 Å². The lowest BCUT2D eigenvalue weighted by molar-refractivity contribution is -0.138. The van der Waals surface area contributed by atoms with Crippen LogP contribution in [0.1, 0.15) is 37.0 Å². The number of carboxylic acids is 1. The maximum atomic E-state index is 11.7. The van der Waals surface area contributed by atoms with E-state index in [0.29, 0.717) is 11.3 Å². The van der Waals surface area contributed by atoms with Crippen molar-refractivity contribution in [2.75, 3.05) is 5.32 Å². The lowest BCUT2D eigenvalue weighted by Crippen LogP contribution is -2.13. The molecule has 1 aromatic rings. The number of benzene rings is 1. The number of amides is 1. The van der Waals surface area contributed by atoms with Crippen LogP contribution in [0.3, 0.4) is 0 Å². The van der Waals surface area contributed by atoms with Gasteiger partial charge in [0.05, 0.1) is 6.42 Å². The van der Waals surface area contributed by atoms with Crippen molar-refractivity contribution < 1.29 is 19.5 Å². The van der Waals surface area contributed by atoms with Crippen molar-refractivity contribution in [2.45, 2.75) is 26.7 Å². The fraction of sp³-hybridized carbons (Fsp3) is 0.357. The standard InChI is InChI=1S/C14H17NO4/c1-9(2)14(19)10-3-5-11(6-4-10)15-12(16)7-8-13(17)18/h3-6,9H,7-8H2,1-2H3,(H,15,16)(H,17,18). The summed E-state index contributed by atoms with van der Waals surface area (Å²) in [6.07, 6.45) is -0.266. The summed E-state index contributed by atoms with van der Waals surface area (Å²) in [6, 6.07) is 6.56. The van der Waals surface area contributed by atoms with Gasteiger partial charge in [0.15, 0.2) is 5.78 Å². The van der Waals surface area contributed by atoms with Crippen LogP contribution in [0.2, 0.25) is 0 Å². The number of carbonyl (C=O) groups is 3. The number of ketones is 1. The van der Waals surface area contributed by atoms with Crippen LogP contribution in [0.15, 0.2) is 24.3 Å². The zero-order valence-electron chi connectivity index (χ0n) is 11.0. The summed E-state index contributed by atoms with van der Waals surface area (Å²) in [5, 5.41) is 11.0. The van der Waals surface area contributed by atoms with Gasteiger partial charge < -0.3 is 10.4 Å². The van der Waals surface area contributed by atoms with E-state index < -0.39 is 5.97 Å². The first-order valence-corrected chi connectivity index (χ1v) is 6.06. The van der Waals surface area contributed by atoms with E-state index in [4.69, 9.17) is 5.11 Å². The SMILES string of the molecule is CC(C)C(=O)c1ccc(NC(=O)CCC(=O)O)cc1. The van der Waals surface area contributed by atoms with E-state index in [2.05, 4.69) is 5.32 Å². The largest absolute Gasteiger partial charge is 0.481 e. The molecule has 0 radical (unpaired) electrons. The van der Waals surface area contributed by atoms with E-state index in [1.165, 1.54) is 0 Å². The van der Waals surface area contributed by atoms with Gasteiger partial charge in [-0.15, -0.1) is 0 Å². The summed E-state index contributed by atoms with van der Waals surface area (Å²) in [4.78, 5) is 33.4. The fourth-order valence-electron chi connectivity index (χ4n) is 1.50. The minimum absolute atomic E-state index is 0.0451. The van der Waals surface area contributed by atoms with Gasteiger partial charge in [0.25, 0.3) is 0 Å². The highest BCUT2D eigenvalue weighted by Crippen LogP contribution is 2.13. The lowest BCUT2D eigenvalue weighted by atomic mass is 10.0. The second-order valence-electron chi connectivity index (χ2n) is 4.54. The molecular formula is C14H17NO4. The Labute approximate surface area is 111 Å². The minimum atomic E-state index is -1.01. The molecule has 0 saturated carbocycles. The molecule has 19 heavy (non-hydrogen) atoms. The lowest BCUT2D eigenvalue weighted by Gasteiger charge is -2.07. The van der Waals surface area contributed by atoms with Crippen LogP contribution in [0.4, 0.5) is 5.69 Å². The number of anilines is 1. The summed E-state index contributed by atoms with van der Waals surface area (Å²) in [5.41, 5.74) is 1.15. The molecule has 1 aromatic carbocycles. The number of nitrogens with one attached hydrogen (secondary N) is 1. The van der Waals surface area contributed by atoms with Crippen molar-refractivity contribution in [1.29, 1.82) is 0 Å². The van der Waals surface area contributed by atoms with Crippen molar-refractivity contribution >= 4 is 23.3 Å². The van der Waals surface area contributed by atoms with Crippen LogP contribution >= 0.6 is 0 Å². The Balaban J connectivity index is 2.59. The van der Waals surface area contributed by atoms with Gasteiger partial charge in [0, 0.05) is 23.6 Å². The normalized spacial score (nSPS) is 10.3. The Hall–Kier alpha value is -2.17. The number of carboxylic acid groups (broad SMARTS) is 1. The summed E-state index contributed by atoms with van der Waals surface area (Å²) in [5.74, 6) is -1.39. The molecule has 0 spiro atoms. The molecule has 0 heterocycles. The van der Waals surface area contributed by atoms with Crippen LogP contribution in [0.25, 0.3) is 0 Å². The molecule has 1 rings (SSSR count). The number of carbonyl (C=O) groups excluding carboxylic acids is 2. The van der Waals surface area contributed by atoms with Gasteiger partial charge in [0.1, 0.15) is 0 Å². The number of Topliss-reactive ketones (excluding diaryl/α,β-unsaturated/α-hetero) is 1. The van der Waals surface area contributed by atoms with Crippen LogP contribution < -0.4 is 5.32 Å². The summed E-state index contributed by atoms with van der Waals surface area (Å²) >= 11 is 0. The van der Waals surface area contributed by atoms with Crippen molar-refractivity contribution in [3.8, 4) is 0 Å². The maximum Gasteiger partial charge on any atom is 0.303 e. The smallest absolute Gasteiger partial charge is 0.303 e. The molecule has 0 unspecified atom stereocenters. The van der Waals surface area contributed by atoms with E-state index in [1.807, 2.05) is 13.8 Å². The third-order valence-corrected chi connectivity index (χ3v) is 2.54. The third kappa shape index (κ3) is 4.91. The highest BCUT2D eigenvalue weighted by molar-refractivity contribution is 5.98. The second-order valence-corrected chi connectivity index (χ2v) is 4.54. The zero-order valence-corrected chi connectivity index (χ0v) is 11.0. The van der Waals surface area contributed by atoms with Crippen LogP contribution in [-0.2, 0) is 9.59 Å². The van der Waals surface area contributed by atoms with Crippen molar-refractivity contribution in [1.82, 2.24) is 0 Å². The van der Waals surface area contributed by atoms with Gasteiger partial charge in [-0.3, -0.25) is 14.4 Å². The Morgan fingerprint density at radius 1 is 1.11 bits per heavy atom. The van der Waals surface area contributed by atoms with Crippen LogP contribution in [0.5, 0.6) is 0 Å².